The first-order valence-corrected chi connectivity index (χ1v) is 6.61. The predicted octanol–water partition coefficient (Wildman–Crippen LogP) is 4.33. The molecule has 0 aromatic carbocycles. The van der Waals surface area contributed by atoms with Crippen molar-refractivity contribution in [1.82, 2.24) is 4.98 Å². The molecule has 0 N–H and O–H groups in total. The van der Waals surface area contributed by atoms with Gasteiger partial charge in [0, 0.05) is 12.3 Å². The first-order chi connectivity index (χ1) is 7.94. The Kier molecular flexibility index (Phi) is 3.62. The van der Waals surface area contributed by atoms with Crippen molar-refractivity contribution >= 4 is 11.6 Å². The van der Waals surface area contributed by atoms with E-state index in [0.717, 1.165) is 24.5 Å². The van der Waals surface area contributed by atoms with E-state index >= 15 is 0 Å². The number of pyridine rings is 1. The molecular weight excluding hydrogens is 234 g/mol. The molecule has 0 saturated heterocycles. The Morgan fingerprint density at radius 1 is 1.41 bits per heavy atom. The highest BCUT2D eigenvalue weighted by Gasteiger charge is 2.33. The fraction of sp³-hybridized carbons (Fsp3) is 0.643. The van der Waals surface area contributed by atoms with Gasteiger partial charge >= 0.3 is 0 Å². The second kappa shape index (κ2) is 4.85. The third-order valence-corrected chi connectivity index (χ3v) is 3.55. The molecule has 0 bridgehead atoms. The number of ether oxygens (including phenoxy) is 1. The summed E-state index contributed by atoms with van der Waals surface area (Å²) in [5.41, 5.74) is 0.374. The molecule has 1 aliphatic rings. The van der Waals surface area contributed by atoms with Gasteiger partial charge in [-0.25, -0.2) is 4.98 Å². The van der Waals surface area contributed by atoms with Crippen LogP contribution >= 0.6 is 11.6 Å². The molecule has 2 atom stereocenters. The van der Waals surface area contributed by atoms with Gasteiger partial charge in [-0.15, -0.1) is 0 Å². The molecule has 3 heteroatoms. The fourth-order valence-corrected chi connectivity index (χ4v) is 3.16. The summed E-state index contributed by atoms with van der Waals surface area (Å²) in [6.45, 7) is 6.94. The molecule has 1 heterocycles. The second-order valence-electron chi connectivity index (χ2n) is 5.97. The molecule has 17 heavy (non-hydrogen) atoms. The molecule has 2 unspecified atom stereocenters. The SMILES string of the molecule is CC1CC(Oc2ccnc(Cl)c2)CC(C)(C)C1. The highest BCUT2D eigenvalue weighted by Crippen LogP contribution is 2.40. The Labute approximate surface area is 108 Å². The summed E-state index contributed by atoms with van der Waals surface area (Å²) >= 11 is 5.86. The van der Waals surface area contributed by atoms with Gasteiger partial charge in [0.1, 0.15) is 10.9 Å². The molecule has 0 radical (unpaired) electrons. The number of halogens is 1. The monoisotopic (exact) mass is 253 g/mol. The van der Waals surface area contributed by atoms with Crippen LogP contribution in [-0.2, 0) is 0 Å². The van der Waals surface area contributed by atoms with E-state index < -0.39 is 0 Å². The van der Waals surface area contributed by atoms with E-state index in [2.05, 4.69) is 25.8 Å². The lowest BCUT2D eigenvalue weighted by molar-refractivity contribution is 0.0562. The van der Waals surface area contributed by atoms with Crippen LogP contribution in [0.3, 0.4) is 0 Å². The average molecular weight is 254 g/mol. The van der Waals surface area contributed by atoms with E-state index in [0.29, 0.717) is 16.7 Å². The zero-order chi connectivity index (χ0) is 12.5. The molecule has 0 aliphatic heterocycles. The fourth-order valence-electron chi connectivity index (χ4n) is 3.00. The van der Waals surface area contributed by atoms with Gasteiger partial charge in [-0.3, -0.25) is 0 Å². The maximum Gasteiger partial charge on any atom is 0.132 e. The summed E-state index contributed by atoms with van der Waals surface area (Å²) < 4.78 is 6.02. The van der Waals surface area contributed by atoms with Crippen molar-refractivity contribution in [3.8, 4) is 5.75 Å². The van der Waals surface area contributed by atoms with Crippen molar-refractivity contribution < 1.29 is 4.74 Å². The van der Waals surface area contributed by atoms with E-state index in [1.165, 1.54) is 6.42 Å². The molecule has 2 rings (SSSR count). The molecule has 94 valence electrons. The van der Waals surface area contributed by atoms with Crippen molar-refractivity contribution in [3.05, 3.63) is 23.5 Å². The maximum absolute atomic E-state index is 6.02. The largest absolute Gasteiger partial charge is 0.490 e. The van der Waals surface area contributed by atoms with E-state index in [4.69, 9.17) is 16.3 Å². The number of aromatic nitrogens is 1. The van der Waals surface area contributed by atoms with Crippen LogP contribution in [0.15, 0.2) is 18.3 Å². The van der Waals surface area contributed by atoms with Gasteiger partial charge in [0.2, 0.25) is 0 Å². The molecule has 0 spiro atoms. The number of hydrogen-bond donors (Lipinski definition) is 0. The van der Waals surface area contributed by atoms with Crippen LogP contribution in [0.25, 0.3) is 0 Å². The highest BCUT2D eigenvalue weighted by molar-refractivity contribution is 6.29. The topological polar surface area (TPSA) is 22.1 Å². The lowest BCUT2D eigenvalue weighted by Crippen LogP contribution is -2.34. The van der Waals surface area contributed by atoms with Crippen LogP contribution in [0.4, 0.5) is 0 Å². The lowest BCUT2D eigenvalue weighted by Gasteiger charge is -2.38. The molecule has 1 saturated carbocycles. The summed E-state index contributed by atoms with van der Waals surface area (Å²) in [6.07, 6.45) is 5.51. The van der Waals surface area contributed by atoms with Crippen LogP contribution in [-0.4, -0.2) is 11.1 Å². The summed E-state index contributed by atoms with van der Waals surface area (Å²) in [7, 11) is 0. The van der Waals surface area contributed by atoms with E-state index in [1.807, 2.05) is 6.07 Å². The molecule has 1 aliphatic carbocycles. The Bertz CT molecular complexity index is 392. The van der Waals surface area contributed by atoms with Crippen molar-refractivity contribution in [2.24, 2.45) is 11.3 Å². The van der Waals surface area contributed by atoms with Gasteiger partial charge in [-0.05, 0) is 36.7 Å². The van der Waals surface area contributed by atoms with Gasteiger partial charge in [0.25, 0.3) is 0 Å². The Morgan fingerprint density at radius 3 is 2.82 bits per heavy atom. The summed E-state index contributed by atoms with van der Waals surface area (Å²) in [4.78, 5) is 3.96. The van der Waals surface area contributed by atoms with Crippen LogP contribution < -0.4 is 4.74 Å². The standard InChI is InChI=1S/C14H20ClNO/c1-10-6-12(9-14(2,3)8-10)17-11-4-5-16-13(15)7-11/h4-5,7,10,12H,6,8-9H2,1-3H3. The number of hydrogen-bond acceptors (Lipinski definition) is 2. The third-order valence-electron chi connectivity index (χ3n) is 3.35. The van der Waals surface area contributed by atoms with Crippen molar-refractivity contribution in [2.75, 3.05) is 0 Å². The quantitative estimate of drug-likeness (QED) is 0.732. The molecule has 1 fully saturated rings. The molecule has 1 aromatic heterocycles. The summed E-state index contributed by atoms with van der Waals surface area (Å²) in [5.74, 6) is 1.56. The van der Waals surface area contributed by atoms with Crippen molar-refractivity contribution in [3.63, 3.8) is 0 Å². The highest BCUT2D eigenvalue weighted by atomic mass is 35.5. The minimum Gasteiger partial charge on any atom is -0.490 e. The zero-order valence-corrected chi connectivity index (χ0v) is 11.5. The van der Waals surface area contributed by atoms with Gasteiger partial charge < -0.3 is 4.74 Å². The van der Waals surface area contributed by atoms with Crippen LogP contribution in [0.5, 0.6) is 5.75 Å². The van der Waals surface area contributed by atoms with Gasteiger partial charge in [-0.1, -0.05) is 32.4 Å². The van der Waals surface area contributed by atoms with E-state index in [9.17, 15) is 0 Å². The van der Waals surface area contributed by atoms with Crippen LogP contribution in [0.2, 0.25) is 5.15 Å². The normalized spacial score (nSPS) is 27.8. The number of rotatable bonds is 2. The minimum absolute atomic E-state index is 0.298. The Morgan fingerprint density at radius 2 is 2.18 bits per heavy atom. The van der Waals surface area contributed by atoms with Gasteiger partial charge in [0.05, 0.1) is 6.10 Å². The Hall–Kier alpha value is -0.760. The average Bonchev–Trinajstić information content (AvgIpc) is 2.13. The smallest absolute Gasteiger partial charge is 0.132 e. The molecule has 0 amide bonds. The first-order valence-electron chi connectivity index (χ1n) is 6.23. The van der Waals surface area contributed by atoms with E-state index in [-0.39, 0.29) is 0 Å². The molecule has 2 nitrogen and oxygen atoms in total. The van der Waals surface area contributed by atoms with Gasteiger partial charge in [-0.2, -0.15) is 0 Å². The summed E-state index contributed by atoms with van der Waals surface area (Å²) in [6, 6.07) is 3.66. The van der Waals surface area contributed by atoms with Crippen LogP contribution in [0, 0.1) is 11.3 Å². The van der Waals surface area contributed by atoms with E-state index in [1.54, 1.807) is 12.3 Å². The zero-order valence-electron chi connectivity index (χ0n) is 10.7. The lowest BCUT2D eigenvalue weighted by atomic mass is 9.71. The molecule has 1 aromatic rings. The first kappa shape index (κ1) is 12.7. The number of nitrogens with zero attached hydrogens (tertiary/aromatic N) is 1. The predicted molar refractivity (Wildman–Crippen MR) is 70.5 cm³/mol. The maximum atomic E-state index is 6.02. The third kappa shape index (κ3) is 3.60. The summed E-state index contributed by atoms with van der Waals surface area (Å²) in [5, 5.41) is 0.491. The van der Waals surface area contributed by atoms with Gasteiger partial charge in [0.15, 0.2) is 0 Å². The molecular formula is C14H20ClNO. The van der Waals surface area contributed by atoms with Crippen molar-refractivity contribution in [1.29, 1.82) is 0 Å². The Balaban J connectivity index is 2.03. The second-order valence-corrected chi connectivity index (χ2v) is 6.35. The van der Waals surface area contributed by atoms with Crippen LogP contribution in [0.1, 0.15) is 40.0 Å². The minimum atomic E-state index is 0.298. The van der Waals surface area contributed by atoms with Crippen molar-refractivity contribution in [2.45, 2.75) is 46.1 Å².